The number of ether oxygens (including phenoxy) is 1. The standard InChI is InChI=1S/C14H20FNO2/c1-5-10(3)16(4)14(17)11-8-7-9-12(15)13(11)18-6-2/h7-10H,5-6H2,1-4H3/t10-/m0/s1. The van der Waals surface area contributed by atoms with Crippen molar-refractivity contribution in [2.75, 3.05) is 13.7 Å². The third kappa shape index (κ3) is 3.00. The normalized spacial score (nSPS) is 12.1. The topological polar surface area (TPSA) is 29.5 Å². The van der Waals surface area contributed by atoms with Crippen LogP contribution in [0.3, 0.4) is 0 Å². The maximum absolute atomic E-state index is 13.6. The van der Waals surface area contributed by atoms with Crippen molar-refractivity contribution in [1.29, 1.82) is 0 Å². The second kappa shape index (κ2) is 6.38. The Morgan fingerprint density at radius 1 is 1.44 bits per heavy atom. The van der Waals surface area contributed by atoms with E-state index in [0.717, 1.165) is 6.42 Å². The van der Waals surface area contributed by atoms with E-state index in [4.69, 9.17) is 4.74 Å². The lowest BCUT2D eigenvalue weighted by Gasteiger charge is -2.24. The molecule has 0 saturated carbocycles. The van der Waals surface area contributed by atoms with Crippen molar-refractivity contribution in [3.05, 3.63) is 29.6 Å². The molecule has 0 unspecified atom stereocenters. The van der Waals surface area contributed by atoms with Gasteiger partial charge in [-0.05, 0) is 32.4 Å². The van der Waals surface area contributed by atoms with Crippen LogP contribution in [-0.4, -0.2) is 30.5 Å². The van der Waals surface area contributed by atoms with Crippen LogP contribution in [0.1, 0.15) is 37.6 Å². The van der Waals surface area contributed by atoms with E-state index in [9.17, 15) is 9.18 Å². The number of carbonyl (C=O) groups excluding carboxylic acids is 1. The van der Waals surface area contributed by atoms with E-state index in [-0.39, 0.29) is 23.3 Å². The zero-order valence-electron chi connectivity index (χ0n) is 11.4. The molecule has 0 radical (unpaired) electrons. The van der Waals surface area contributed by atoms with E-state index >= 15 is 0 Å². The largest absolute Gasteiger partial charge is 0.490 e. The molecule has 0 fully saturated rings. The Morgan fingerprint density at radius 2 is 2.11 bits per heavy atom. The first-order chi connectivity index (χ1) is 8.52. The van der Waals surface area contributed by atoms with Gasteiger partial charge in [0.15, 0.2) is 11.6 Å². The van der Waals surface area contributed by atoms with Gasteiger partial charge in [-0.25, -0.2) is 4.39 Å². The Bertz CT molecular complexity index is 420. The van der Waals surface area contributed by atoms with Gasteiger partial charge >= 0.3 is 0 Å². The van der Waals surface area contributed by atoms with E-state index in [0.29, 0.717) is 6.61 Å². The maximum Gasteiger partial charge on any atom is 0.257 e. The zero-order valence-corrected chi connectivity index (χ0v) is 11.4. The lowest BCUT2D eigenvalue weighted by Crippen LogP contribution is -2.34. The number of halogens is 1. The summed E-state index contributed by atoms with van der Waals surface area (Å²) in [6.45, 7) is 6.05. The Hall–Kier alpha value is -1.58. The van der Waals surface area contributed by atoms with Crippen molar-refractivity contribution in [2.24, 2.45) is 0 Å². The molecule has 0 aromatic heterocycles. The van der Waals surface area contributed by atoms with Crippen LogP contribution in [-0.2, 0) is 0 Å². The molecule has 0 bridgehead atoms. The number of benzene rings is 1. The first-order valence-electron chi connectivity index (χ1n) is 6.21. The molecule has 3 nitrogen and oxygen atoms in total. The molecule has 0 aliphatic carbocycles. The third-order valence-corrected chi connectivity index (χ3v) is 3.06. The Kier molecular flexibility index (Phi) is 5.13. The number of hydrogen-bond acceptors (Lipinski definition) is 2. The van der Waals surface area contributed by atoms with Gasteiger partial charge in [0.25, 0.3) is 5.91 Å². The first-order valence-corrected chi connectivity index (χ1v) is 6.21. The van der Waals surface area contributed by atoms with Gasteiger partial charge in [-0.15, -0.1) is 0 Å². The lowest BCUT2D eigenvalue weighted by atomic mass is 10.1. The molecule has 0 heterocycles. The van der Waals surface area contributed by atoms with E-state index < -0.39 is 5.82 Å². The predicted molar refractivity (Wildman–Crippen MR) is 69.4 cm³/mol. The summed E-state index contributed by atoms with van der Waals surface area (Å²) in [5, 5.41) is 0. The van der Waals surface area contributed by atoms with Gasteiger partial charge in [0.05, 0.1) is 12.2 Å². The van der Waals surface area contributed by atoms with Gasteiger partial charge in [-0.2, -0.15) is 0 Å². The van der Waals surface area contributed by atoms with Gasteiger partial charge < -0.3 is 9.64 Å². The molecule has 0 saturated heterocycles. The molecule has 1 rings (SSSR count). The Morgan fingerprint density at radius 3 is 2.67 bits per heavy atom. The SMILES string of the molecule is CCOc1c(F)cccc1C(=O)N(C)[C@@H](C)CC. The minimum atomic E-state index is -0.500. The van der Waals surface area contributed by atoms with Crippen molar-refractivity contribution in [3.8, 4) is 5.75 Å². The van der Waals surface area contributed by atoms with Crippen LogP contribution in [0.25, 0.3) is 0 Å². The minimum Gasteiger partial charge on any atom is -0.490 e. The Balaban J connectivity index is 3.08. The van der Waals surface area contributed by atoms with Crippen LogP contribution in [0, 0.1) is 5.82 Å². The summed E-state index contributed by atoms with van der Waals surface area (Å²) >= 11 is 0. The smallest absolute Gasteiger partial charge is 0.257 e. The molecule has 1 aromatic carbocycles. The highest BCUT2D eigenvalue weighted by atomic mass is 19.1. The molecular weight excluding hydrogens is 233 g/mol. The van der Waals surface area contributed by atoms with Crippen molar-refractivity contribution in [2.45, 2.75) is 33.2 Å². The number of rotatable bonds is 5. The summed E-state index contributed by atoms with van der Waals surface area (Å²) in [6, 6.07) is 4.52. The average molecular weight is 253 g/mol. The van der Waals surface area contributed by atoms with Crippen LogP contribution < -0.4 is 4.74 Å². The number of para-hydroxylation sites is 1. The van der Waals surface area contributed by atoms with Gasteiger partial charge in [-0.1, -0.05) is 13.0 Å². The summed E-state index contributed by atoms with van der Waals surface area (Å²) in [6.07, 6.45) is 0.849. The second-order valence-electron chi connectivity index (χ2n) is 4.22. The highest BCUT2D eigenvalue weighted by Gasteiger charge is 2.21. The van der Waals surface area contributed by atoms with Crippen LogP contribution >= 0.6 is 0 Å². The minimum absolute atomic E-state index is 0.0418. The predicted octanol–water partition coefficient (Wildman–Crippen LogP) is 3.09. The van der Waals surface area contributed by atoms with E-state index in [1.54, 1.807) is 24.9 Å². The zero-order chi connectivity index (χ0) is 13.7. The molecule has 1 atom stereocenters. The van der Waals surface area contributed by atoms with Crippen molar-refractivity contribution < 1.29 is 13.9 Å². The third-order valence-electron chi connectivity index (χ3n) is 3.06. The van der Waals surface area contributed by atoms with Crippen molar-refractivity contribution in [1.82, 2.24) is 4.90 Å². The van der Waals surface area contributed by atoms with Gasteiger partial charge in [0.1, 0.15) is 0 Å². The van der Waals surface area contributed by atoms with Crippen LogP contribution in [0.4, 0.5) is 4.39 Å². The molecule has 100 valence electrons. The fourth-order valence-electron chi connectivity index (χ4n) is 1.63. The highest BCUT2D eigenvalue weighted by molar-refractivity contribution is 5.97. The molecule has 4 heteroatoms. The fourth-order valence-corrected chi connectivity index (χ4v) is 1.63. The number of amides is 1. The van der Waals surface area contributed by atoms with Crippen LogP contribution in [0.15, 0.2) is 18.2 Å². The summed E-state index contributed by atoms with van der Waals surface area (Å²) in [5.74, 6) is -0.673. The van der Waals surface area contributed by atoms with Gasteiger partial charge in [-0.3, -0.25) is 4.79 Å². The maximum atomic E-state index is 13.6. The Labute approximate surface area is 108 Å². The molecule has 0 aliphatic rings. The van der Waals surface area contributed by atoms with Crippen molar-refractivity contribution in [3.63, 3.8) is 0 Å². The number of nitrogens with zero attached hydrogens (tertiary/aromatic N) is 1. The average Bonchev–Trinajstić information content (AvgIpc) is 2.38. The van der Waals surface area contributed by atoms with E-state index in [1.807, 2.05) is 13.8 Å². The second-order valence-corrected chi connectivity index (χ2v) is 4.22. The van der Waals surface area contributed by atoms with Crippen LogP contribution in [0.5, 0.6) is 5.75 Å². The van der Waals surface area contributed by atoms with Crippen LogP contribution in [0.2, 0.25) is 0 Å². The fraction of sp³-hybridized carbons (Fsp3) is 0.500. The van der Waals surface area contributed by atoms with E-state index in [2.05, 4.69) is 0 Å². The van der Waals surface area contributed by atoms with Gasteiger partial charge in [0.2, 0.25) is 0 Å². The number of carbonyl (C=O) groups is 1. The monoisotopic (exact) mass is 253 g/mol. The summed E-state index contributed by atoms with van der Waals surface area (Å²) < 4.78 is 18.9. The first kappa shape index (κ1) is 14.5. The summed E-state index contributed by atoms with van der Waals surface area (Å²) in [5.41, 5.74) is 0.277. The number of hydrogen-bond donors (Lipinski definition) is 0. The molecule has 18 heavy (non-hydrogen) atoms. The summed E-state index contributed by atoms with van der Waals surface area (Å²) in [7, 11) is 1.72. The van der Waals surface area contributed by atoms with E-state index in [1.165, 1.54) is 12.1 Å². The molecule has 1 aromatic rings. The highest BCUT2D eigenvalue weighted by Crippen LogP contribution is 2.24. The van der Waals surface area contributed by atoms with Crippen molar-refractivity contribution >= 4 is 5.91 Å². The molecule has 0 aliphatic heterocycles. The van der Waals surface area contributed by atoms with Gasteiger partial charge in [0, 0.05) is 13.1 Å². The molecule has 0 N–H and O–H groups in total. The molecule has 1 amide bonds. The lowest BCUT2D eigenvalue weighted by molar-refractivity contribution is 0.0735. The molecular formula is C14H20FNO2. The quantitative estimate of drug-likeness (QED) is 0.807. The summed E-state index contributed by atoms with van der Waals surface area (Å²) in [4.78, 5) is 13.9. The molecule has 0 spiro atoms.